The summed E-state index contributed by atoms with van der Waals surface area (Å²) in [6, 6.07) is 8.47. The Hall–Kier alpha value is -4.38. The number of fused-ring (bicyclic) bond motifs is 1. The van der Waals surface area contributed by atoms with E-state index in [4.69, 9.17) is 9.47 Å². The zero-order chi connectivity index (χ0) is 32.4. The lowest BCUT2D eigenvalue weighted by Crippen LogP contribution is -2.54. The summed E-state index contributed by atoms with van der Waals surface area (Å²) in [7, 11) is 3.07. The average molecular weight is 605 g/mol. The minimum Gasteiger partial charge on any atom is -0.497 e. The van der Waals surface area contributed by atoms with Crippen LogP contribution in [0.3, 0.4) is 0 Å². The number of ether oxygens (including phenoxy) is 2. The van der Waals surface area contributed by atoms with Gasteiger partial charge >= 0.3 is 12.0 Å². The maximum absolute atomic E-state index is 14.0. The van der Waals surface area contributed by atoms with Crippen molar-refractivity contribution in [1.82, 2.24) is 15.5 Å². The Balaban J connectivity index is 1.52. The van der Waals surface area contributed by atoms with Crippen LogP contribution in [0.15, 0.2) is 24.3 Å². The zero-order valence-corrected chi connectivity index (χ0v) is 26.5. The standard InChI is InChI=1S/C33H41N5O6/c1-32(2,3)24(17-36-26(39)9-8-19-12-22(43-6)15-23(13-19)44-7)31(42)38-18-25-27(33(25,4)5)28(38)30(41)37-21(16-34)14-20-10-11-35-29(20)40/h8-9,12-13,15,20-21,24-25,27-28H,10-11,14,18H2,1-7H3,(H-,35,37,40,41)/p+1/b9-8+/t20-,21-,24?,25-,27?,28-/m0/s1. The van der Waals surface area contributed by atoms with Gasteiger partial charge in [0, 0.05) is 29.9 Å². The number of carbonyl (C=O) groups excluding carboxylic acids is 4. The predicted octanol–water partition coefficient (Wildman–Crippen LogP) is 3.26. The van der Waals surface area contributed by atoms with E-state index < -0.39 is 35.2 Å². The quantitative estimate of drug-likeness (QED) is 0.412. The van der Waals surface area contributed by atoms with Gasteiger partial charge in [0.25, 0.3) is 0 Å². The molecule has 2 unspecified atom stereocenters. The van der Waals surface area contributed by atoms with Crippen molar-refractivity contribution in [3.8, 4) is 23.6 Å². The van der Waals surface area contributed by atoms with E-state index in [9.17, 15) is 24.4 Å². The molecule has 2 saturated heterocycles. The fraction of sp³-hybridized carbons (Fsp3) is 0.576. The van der Waals surface area contributed by atoms with Gasteiger partial charge < -0.3 is 25.0 Å². The molecule has 0 spiro atoms. The van der Waals surface area contributed by atoms with E-state index in [1.807, 2.05) is 20.8 Å². The number of nitrogens with one attached hydrogen (secondary N) is 2. The number of likely N-dealkylation sites (tertiary alicyclic amines) is 1. The van der Waals surface area contributed by atoms with Gasteiger partial charge in [-0.05, 0) is 59.3 Å². The lowest BCUT2D eigenvalue weighted by molar-refractivity contribution is -0.144. The van der Waals surface area contributed by atoms with Crippen LogP contribution in [-0.4, -0.2) is 67.9 Å². The molecule has 3 aliphatic rings. The van der Waals surface area contributed by atoms with Crippen LogP contribution in [0.1, 0.15) is 53.0 Å². The first-order valence-corrected chi connectivity index (χ1v) is 14.9. The third-order valence-corrected chi connectivity index (χ3v) is 9.12. The SMILES string of the molecule is COc1cc(/C=C/C(=O)[N+]#CC(C(=O)N2C[C@H]3C([C@H]2C(=O)N[C@H](C#N)C[C@@H]2CCNC2=O)C3(C)C)C(C)(C)C)cc(OC)c1. The van der Waals surface area contributed by atoms with Crippen molar-refractivity contribution in [3.05, 3.63) is 34.7 Å². The molecule has 3 fully saturated rings. The van der Waals surface area contributed by atoms with Gasteiger partial charge in [-0.25, -0.2) is 0 Å². The van der Waals surface area contributed by atoms with E-state index in [0.29, 0.717) is 36.6 Å². The molecule has 4 rings (SSSR count). The number of hydrogen-bond donors (Lipinski definition) is 2. The first kappa shape index (κ1) is 32.5. The highest BCUT2D eigenvalue weighted by Crippen LogP contribution is 2.65. The van der Waals surface area contributed by atoms with Crippen molar-refractivity contribution in [3.63, 3.8) is 0 Å². The molecular weight excluding hydrogens is 562 g/mol. The van der Waals surface area contributed by atoms with Crippen molar-refractivity contribution >= 4 is 29.7 Å². The van der Waals surface area contributed by atoms with Gasteiger partial charge in [-0.1, -0.05) is 34.6 Å². The van der Waals surface area contributed by atoms with Crippen LogP contribution >= 0.6 is 0 Å². The van der Waals surface area contributed by atoms with Gasteiger partial charge in [0.2, 0.25) is 17.7 Å². The largest absolute Gasteiger partial charge is 0.540 e. The van der Waals surface area contributed by atoms with Gasteiger partial charge in [-0.3, -0.25) is 14.4 Å². The van der Waals surface area contributed by atoms with Crippen molar-refractivity contribution < 1.29 is 28.7 Å². The third kappa shape index (κ3) is 6.88. The monoisotopic (exact) mass is 604 g/mol. The molecule has 0 radical (unpaired) electrons. The van der Waals surface area contributed by atoms with Crippen LogP contribution in [0.5, 0.6) is 11.5 Å². The molecule has 1 aromatic carbocycles. The Labute approximate surface area is 258 Å². The second-order valence-corrected chi connectivity index (χ2v) is 13.4. The molecule has 11 nitrogen and oxygen atoms in total. The summed E-state index contributed by atoms with van der Waals surface area (Å²) in [6.07, 6.45) is 3.68. The number of rotatable bonds is 9. The Morgan fingerprint density at radius 3 is 2.41 bits per heavy atom. The Morgan fingerprint density at radius 2 is 1.86 bits per heavy atom. The minimum absolute atomic E-state index is 0.0671. The highest BCUT2D eigenvalue weighted by molar-refractivity contribution is 6.00. The fourth-order valence-corrected chi connectivity index (χ4v) is 6.41. The Bertz CT molecular complexity index is 1440. The molecule has 44 heavy (non-hydrogen) atoms. The smallest absolute Gasteiger partial charge is 0.497 e. The second-order valence-electron chi connectivity index (χ2n) is 13.4. The van der Waals surface area contributed by atoms with Crippen molar-refractivity contribution in [1.29, 1.82) is 5.26 Å². The number of nitriles is 1. The van der Waals surface area contributed by atoms with Gasteiger partial charge in [0.05, 0.1) is 26.4 Å². The van der Waals surface area contributed by atoms with Gasteiger partial charge in [-0.15, -0.1) is 0 Å². The normalized spacial score (nSPS) is 24.7. The van der Waals surface area contributed by atoms with E-state index >= 15 is 0 Å². The number of amides is 4. The van der Waals surface area contributed by atoms with Gasteiger partial charge in [-0.2, -0.15) is 10.1 Å². The predicted molar refractivity (Wildman–Crippen MR) is 163 cm³/mol. The minimum atomic E-state index is -0.901. The summed E-state index contributed by atoms with van der Waals surface area (Å²) in [5, 5.41) is 15.3. The lowest BCUT2D eigenvalue weighted by Gasteiger charge is -2.34. The van der Waals surface area contributed by atoms with E-state index in [0.717, 1.165) is 0 Å². The maximum atomic E-state index is 14.0. The zero-order valence-electron chi connectivity index (χ0n) is 26.5. The van der Waals surface area contributed by atoms with Crippen LogP contribution in [0.2, 0.25) is 0 Å². The van der Waals surface area contributed by atoms with E-state index in [1.165, 1.54) is 20.3 Å². The Kier molecular flexibility index (Phi) is 9.39. The first-order chi connectivity index (χ1) is 20.7. The number of carbonyl (C=O) groups is 4. The molecule has 0 aromatic heterocycles. The number of piperidine rings is 1. The molecule has 1 saturated carbocycles. The molecule has 6 atom stereocenters. The summed E-state index contributed by atoms with van der Waals surface area (Å²) in [6.45, 7) is 10.7. The van der Waals surface area contributed by atoms with E-state index in [2.05, 4.69) is 41.5 Å². The lowest BCUT2D eigenvalue weighted by atomic mass is 9.80. The summed E-state index contributed by atoms with van der Waals surface area (Å²) < 4.78 is 10.5. The highest BCUT2D eigenvalue weighted by atomic mass is 16.5. The third-order valence-electron chi connectivity index (χ3n) is 9.12. The maximum Gasteiger partial charge on any atom is 0.540 e. The number of methoxy groups -OCH3 is 2. The Morgan fingerprint density at radius 1 is 1.20 bits per heavy atom. The van der Waals surface area contributed by atoms with E-state index in [1.54, 1.807) is 29.2 Å². The van der Waals surface area contributed by atoms with Crippen LogP contribution in [0.4, 0.5) is 0 Å². The first-order valence-electron chi connectivity index (χ1n) is 14.9. The summed E-state index contributed by atoms with van der Waals surface area (Å²) in [5.41, 5.74) is -0.116. The van der Waals surface area contributed by atoms with Crippen LogP contribution in [0, 0.1) is 51.9 Å². The number of hydrogen-bond acceptors (Lipinski definition) is 7. The molecule has 2 aliphatic heterocycles. The fourth-order valence-electron chi connectivity index (χ4n) is 6.41. The van der Waals surface area contributed by atoms with Gasteiger partial charge in [0.15, 0.2) is 5.92 Å². The summed E-state index contributed by atoms with van der Waals surface area (Å²) in [5.74, 6) is -1.49. The van der Waals surface area contributed by atoms with Crippen LogP contribution in [-0.2, 0) is 19.2 Å². The van der Waals surface area contributed by atoms with Crippen molar-refractivity contribution in [2.45, 2.75) is 59.5 Å². The molecule has 0 bridgehead atoms. The topological polar surface area (TPSA) is 142 Å². The second kappa shape index (κ2) is 12.7. The molecular formula is C33H42N5O6+. The molecule has 1 aliphatic carbocycles. The summed E-state index contributed by atoms with van der Waals surface area (Å²) in [4.78, 5) is 58.0. The van der Waals surface area contributed by atoms with Crippen LogP contribution in [0.25, 0.3) is 10.9 Å². The highest BCUT2D eigenvalue weighted by Gasteiger charge is 2.70. The molecule has 234 valence electrons. The van der Waals surface area contributed by atoms with Crippen LogP contribution < -0.4 is 20.1 Å². The average Bonchev–Trinajstić information content (AvgIpc) is 3.31. The van der Waals surface area contributed by atoms with E-state index in [-0.39, 0.29) is 41.4 Å². The van der Waals surface area contributed by atoms with Crippen molar-refractivity contribution in [2.24, 2.45) is 34.5 Å². The summed E-state index contributed by atoms with van der Waals surface area (Å²) >= 11 is 0. The molecule has 2 heterocycles. The van der Waals surface area contributed by atoms with Gasteiger partial charge in [0.1, 0.15) is 23.6 Å². The molecule has 11 heteroatoms. The molecule has 4 amide bonds. The van der Waals surface area contributed by atoms with Crippen molar-refractivity contribution in [2.75, 3.05) is 27.3 Å². The molecule has 1 aromatic rings. The molecule has 2 N–H and O–H groups in total. The number of nitrogens with zero attached hydrogens (tertiary/aromatic N) is 3. The number of benzene rings is 1.